The zero-order valence-electron chi connectivity index (χ0n) is 12.6. The number of nitrogens with one attached hydrogen (secondary N) is 1. The van der Waals surface area contributed by atoms with Gasteiger partial charge in [-0.2, -0.15) is 0 Å². The van der Waals surface area contributed by atoms with Crippen LogP contribution in [-0.4, -0.2) is 6.54 Å². The SMILES string of the molecule is CCCCC(NCC1CCC(C)C1)c1ccccc1. The van der Waals surface area contributed by atoms with Crippen molar-refractivity contribution in [1.29, 1.82) is 0 Å². The standard InChI is InChI=1S/C18H29N/c1-3-4-10-18(17-8-6-5-7-9-17)19-14-16-12-11-15(2)13-16/h5-9,15-16,18-19H,3-4,10-14H2,1-2H3. The van der Waals surface area contributed by atoms with Crippen molar-refractivity contribution in [2.75, 3.05) is 6.54 Å². The number of hydrogen-bond donors (Lipinski definition) is 1. The van der Waals surface area contributed by atoms with E-state index in [9.17, 15) is 0 Å². The first kappa shape index (κ1) is 14.6. The predicted octanol–water partition coefficient (Wildman–Crippen LogP) is 4.94. The molecule has 0 radical (unpaired) electrons. The van der Waals surface area contributed by atoms with Crippen molar-refractivity contribution in [3.63, 3.8) is 0 Å². The summed E-state index contributed by atoms with van der Waals surface area (Å²) in [5.41, 5.74) is 1.46. The molecule has 2 rings (SSSR count). The Morgan fingerprint density at radius 1 is 1.21 bits per heavy atom. The van der Waals surface area contributed by atoms with E-state index in [4.69, 9.17) is 0 Å². The maximum Gasteiger partial charge on any atom is 0.0320 e. The molecule has 1 aromatic carbocycles. The Morgan fingerprint density at radius 2 is 2.00 bits per heavy atom. The maximum atomic E-state index is 3.83. The van der Waals surface area contributed by atoms with Crippen LogP contribution in [0.25, 0.3) is 0 Å². The Balaban J connectivity index is 1.87. The van der Waals surface area contributed by atoms with Crippen LogP contribution in [0.2, 0.25) is 0 Å². The molecule has 1 fully saturated rings. The molecule has 0 bridgehead atoms. The van der Waals surface area contributed by atoms with Crippen LogP contribution in [0.3, 0.4) is 0 Å². The Morgan fingerprint density at radius 3 is 2.63 bits per heavy atom. The molecule has 3 unspecified atom stereocenters. The third kappa shape index (κ3) is 4.65. The third-order valence-electron chi connectivity index (χ3n) is 4.50. The molecule has 0 amide bonds. The molecule has 19 heavy (non-hydrogen) atoms. The molecule has 0 aromatic heterocycles. The number of hydrogen-bond acceptors (Lipinski definition) is 1. The first-order chi connectivity index (χ1) is 9.29. The Labute approximate surface area is 118 Å². The minimum atomic E-state index is 0.553. The number of rotatable bonds is 7. The lowest BCUT2D eigenvalue weighted by atomic mass is 9.99. The summed E-state index contributed by atoms with van der Waals surface area (Å²) in [4.78, 5) is 0. The van der Waals surface area contributed by atoms with Crippen molar-refractivity contribution in [2.45, 2.75) is 58.4 Å². The highest BCUT2D eigenvalue weighted by Gasteiger charge is 2.22. The Kier molecular flexibility index (Phi) is 5.91. The van der Waals surface area contributed by atoms with Crippen LogP contribution in [0.15, 0.2) is 30.3 Å². The number of unbranched alkanes of at least 4 members (excludes halogenated alkanes) is 1. The van der Waals surface area contributed by atoms with Gasteiger partial charge in [0, 0.05) is 6.04 Å². The molecule has 0 saturated heterocycles. The van der Waals surface area contributed by atoms with Crippen molar-refractivity contribution in [3.8, 4) is 0 Å². The highest BCUT2D eigenvalue weighted by Crippen LogP contribution is 2.30. The van der Waals surface area contributed by atoms with Gasteiger partial charge in [-0.05, 0) is 43.2 Å². The van der Waals surface area contributed by atoms with E-state index in [0.29, 0.717) is 6.04 Å². The van der Waals surface area contributed by atoms with Crippen molar-refractivity contribution in [1.82, 2.24) is 5.32 Å². The topological polar surface area (TPSA) is 12.0 Å². The molecule has 1 aromatic rings. The molecular weight excluding hydrogens is 230 g/mol. The van der Waals surface area contributed by atoms with E-state index in [-0.39, 0.29) is 0 Å². The first-order valence-electron chi connectivity index (χ1n) is 8.08. The fourth-order valence-electron chi connectivity index (χ4n) is 3.30. The highest BCUT2D eigenvalue weighted by molar-refractivity contribution is 5.18. The van der Waals surface area contributed by atoms with Crippen LogP contribution in [0.4, 0.5) is 0 Å². The van der Waals surface area contributed by atoms with Gasteiger partial charge in [0.2, 0.25) is 0 Å². The fourth-order valence-corrected chi connectivity index (χ4v) is 3.30. The van der Waals surface area contributed by atoms with Crippen molar-refractivity contribution >= 4 is 0 Å². The van der Waals surface area contributed by atoms with Gasteiger partial charge >= 0.3 is 0 Å². The molecule has 1 aliphatic rings. The predicted molar refractivity (Wildman–Crippen MR) is 83.2 cm³/mol. The second-order valence-corrected chi connectivity index (χ2v) is 6.30. The molecule has 1 heteroatoms. The fraction of sp³-hybridized carbons (Fsp3) is 0.667. The zero-order valence-corrected chi connectivity index (χ0v) is 12.6. The summed E-state index contributed by atoms with van der Waals surface area (Å²) in [5, 5.41) is 3.83. The quantitative estimate of drug-likeness (QED) is 0.731. The van der Waals surface area contributed by atoms with E-state index in [1.54, 1.807) is 0 Å². The molecular formula is C18H29N. The van der Waals surface area contributed by atoms with Gasteiger partial charge in [-0.25, -0.2) is 0 Å². The van der Waals surface area contributed by atoms with Crippen molar-refractivity contribution in [3.05, 3.63) is 35.9 Å². The minimum Gasteiger partial charge on any atom is -0.310 e. The van der Waals surface area contributed by atoms with Gasteiger partial charge in [-0.1, -0.05) is 63.4 Å². The van der Waals surface area contributed by atoms with Gasteiger partial charge in [0.25, 0.3) is 0 Å². The lowest BCUT2D eigenvalue weighted by molar-refractivity contribution is 0.408. The smallest absolute Gasteiger partial charge is 0.0320 e. The summed E-state index contributed by atoms with van der Waals surface area (Å²) >= 11 is 0. The van der Waals surface area contributed by atoms with E-state index in [1.165, 1.54) is 50.6 Å². The van der Waals surface area contributed by atoms with Gasteiger partial charge in [-0.15, -0.1) is 0 Å². The molecule has 1 saturated carbocycles. The lowest BCUT2D eigenvalue weighted by Crippen LogP contribution is -2.26. The van der Waals surface area contributed by atoms with Crippen LogP contribution in [0.5, 0.6) is 0 Å². The monoisotopic (exact) mass is 259 g/mol. The van der Waals surface area contributed by atoms with Gasteiger partial charge in [0.15, 0.2) is 0 Å². The van der Waals surface area contributed by atoms with Gasteiger partial charge in [-0.3, -0.25) is 0 Å². The second kappa shape index (κ2) is 7.69. The highest BCUT2D eigenvalue weighted by atomic mass is 14.9. The largest absolute Gasteiger partial charge is 0.310 e. The Bertz CT molecular complexity index is 346. The van der Waals surface area contributed by atoms with Crippen LogP contribution >= 0.6 is 0 Å². The molecule has 1 N–H and O–H groups in total. The van der Waals surface area contributed by atoms with Crippen LogP contribution in [0, 0.1) is 11.8 Å². The summed E-state index contributed by atoms with van der Waals surface area (Å²) < 4.78 is 0. The molecule has 1 nitrogen and oxygen atoms in total. The van der Waals surface area contributed by atoms with Crippen molar-refractivity contribution in [2.24, 2.45) is 11.8 Å². The van der Waals surface area contributed by atoms with Gasteiger partial charge in [0.1, 0.15) is 0 Å². The molecule has 1 aliphatic carbocycles. The average molecular weight is 259 g/mol. The number of benzene rings is 1. The van der Waals surface area contributed by atoms with E-state index in [2.05, 4.69) is 49.5 Å². The van der Waals surface area contributed by atoms with Gasteiger partial charge in [0.05, 0.1) is 0 Å². The molecule has 0 aliphatic heterocycles. The first-order valence-corrected chi connectivity index (χ1v) is 8.08. The zero-order chi connectivity index (χ0) is 13.5. The molecule has 0 heterocycles. The third-order valence-corrected chi connectivity index (χ3v) is 4.50. The Hall–Kier alpha value is -0.820. The second-order valence-electron chi connectivity index (χ2n) is 6.30. The van der Waals surface area contributed by atoms with Crippen LogP contribution < -0.4 is 5.32 Å². The van der Waals surface area contributed by atoms with E-state index in [1.807, 2.05) is 0 Å². The van der Waals surface area contributed by atoms with Gasteiger partial charge < -0.3 is 5.32 Å². The van der Waals surface area contributed by atoms with Crippen LogP contribution in [-0.2, 0) is 0 Å². The summed E-state index contributed by atoms with van der Waals surface area (Å²) in [7, 11) is 0. The summed E-state index contributed by atoms with van der Waals surface area (Å²) in [6, 6.07) is 11.5. The molecule has 0 spiro atoms. The molecule has 3 atom stereocenters. The van der Waals surface area contributed by atoms with E-state index in [0.717, 1.165) is 11.8 Å². The summed E-state index contributed by atoms with van der Waals surface area (Å²) in [6.45, 7) is 5.88. The van der Waals surface area contributed by atoms with E-state index < -0.39 is 0 Å². The molecule has 106 valence electrons. The summed E-state index contributed by atoms with van der Waals surface area (Å²) in [6.07, 6.45) is 8.13. The van der Waals surface area contributed by atoms with Crippen LogP contribution in [0.1, 0.15) is 64.0 Å². The average Bonchev–Trinajstić information content (AvgIpc) is 2.86. The lowest BCUT2D eigenvalue weighted by Gasteiger charge is -2.21. The van der Waals surface area contributed by atoms with E-state index >= 15 is 0 Å². The normalized spacial score (nSPS) is 24.5. The maximum absolute atomic E-state index is 3.83. The summed E-state index contributed by atoms with van der Waals surface area (Å²) in [5.74, 6) is 1.85. The minimum absolute atomic E-state index is 0.553. The van der Waals surface area contributed by atoms with Crippen molar-refractivity contribution < 1.29 is 0 Å².